The molecule has 2 unspecified atom stereocenters. The van der Waals surface area contributed by atoms with Gasteiger partial charge in [0.2, 0.25) is 5.95 Å². The summed E-state index contributed by atoms with van der Waals surface area (Å²) < 4.78 is 2.31. The summed E-state index contributed by atoms with van der Waals surface area (Å²) in [5.41, 5.74) is 2.52. The summed E-state index contributed by atoms with van der Waals surface area (Å²) in [6.45, 7) is 6.35. The van der Waals surface area contributed by atoms with Gasteiger partial charge in [-0.05, 0) is 32.8 Å². The van der Waals surface area contributed by atoms with Gasteiger partial charge in [-0.15, -0.1) is 0 Å². The van der Waals surface area contributed by atoms with Crippen molar-refractivity contribution in [1.29, 1.82) is 0 Å². The van der Waals surface area contributed by atoms with Crippen molar-refractivity contribution in [3.8, 4) is 0 Å². The molecule has 0 amide bonds. The van der Waals surface area contributed by atoms with Crippen molar-refractivity contribution in [3.63, 3.8) is 0 Å². The van der Waals surface area contributed by atoms with Crippen molar-refractivity contribution in [2.24, 2.45) is 0 Å². The fourth-order valence-corrected chi connectivity index (χ4v) is 2.68. The molecular formula is C16H21N3. The molecule has 1 aliphatic rings. The van der Waals surface area contributed by atoms with E-state index in [0.29, 0.717) is 18.0 Å². The maximum Gasteiger partial charge on any atom is 0.203 e. The molecule has 1 aliphatic carbocycles. The van der Waals surface area contributed by atoms with Gasteiger partial charge < -0.3 is 9.88 Å². The summed E-state index contributed by atoms with van der Waals surface area (Å²) >= 11 is 0. The molecule has 0 aliphatic heterocycles. The molecule has 1 N–H and O–H groups in total. The first-order chi connectivity index (χ1) is 9.15. The average molecular weight is 255 g/mol. The molecule has 1 heterocycles. The molecule has 3 rings (SSSR count). The third-order valence-corrected chi connectivity index (χ3v) is 3.61. The van der Waals surface area contributed by atoms with Crippen LogP contribution in [0.2, 0.25) is 0 Å². The number of benzene rings is 1. The first kappa shape index (κ1) is 12.3. The van der Waals surface area contributed by atoms with Gasteiger partial charge in [-0.25, -0.2) is 4.98 Å². The topological polar surface area (TPSA) is 29.9 Å². The lowest BCUT2D eigenvalue weighted by Crippen LogP contribution is -2.14. The Balaban J connectivity index is 1.81. The SMILES string of the molecule is Cc1cn(C2CC2c2ccccc2)c(NC(C)C)n1. The molecule has 0 radical (unpaired) electrons. The maximum absolute atomic E-state index is 4.59. The van der Waals surface area contributed by atoms with Crippen LogP contribution in [0, 0.1) is 6.92 Å². The highest BCUT2D eigenvalue weighted by Gasteiger charge is 2.41. The van der Waals surface area contributed by atoms with E-state index in [-0.39, 0.29) is 0 Å². The standard InChI is InChI=1S/C16H21N3/c1-11(2)17-16-18-12(3)10-19(16)15-9-14(15)13-7-5-4-6-8-13/h4-8,10-11,14-15H,9H2,1-3H3,(H,17,18). The van der Waals surface area contributed by atoms with Gasteiger partial charge in [-0.1, -0.05) is 30.3 Å². The molecule has 1 aromatic carbocycles. The van der Waals surface area contributed by atoms with Crippen LogP contribution in [0.5, 0.6) is 0 Å². The fourth-order valence-electron chi connectivity index (χ4n) is 2.68. The van der Waals surface area contributed by atoms with Crippen LogP contribution in [0.1, 0.15) is 43.5 Å². The molecule has 0 bridgehead atoms. The third kappa shape index (κ3) is 2.50. The zero-order chi connectivity index (χ0) is 13.4. The molecule has 3 heteroatoms. The highest BCUT2D eigenvalue weighted by Crippen LogP contribution is 2.52. The van der Waals surface area contributed by atoms with Crippen molar-refractivity contribution < 1.29 is 0 Å². The van der Waals surface area contributed by atoms with Crippen LogP contribution >= 0.6 is 0 Å². The molecule has 2 atom stereocenters. The molecule has 1 fully saturated rings. The predicted molar refractivity (Wildman–Crippen MR) is 78.6 cm³/mol. The summed E-state index contributed by atoms with van der Waals surface area (Å²) in [5.74, 6) is 1.65. The number of anilines is 1. The van der Waals surface area contributed by atoms with Crippen LogP contribution in [0.15, 0.2) is 36.5 Å². The second kappa shape index (κ2) is 4.72. The van der Waals surface area contributed by atoms with E-state index in [9.17, 15) is 0 Å². The first-order valence-electron chi connectivity index (χ1n) is 7.02. The van der Waals surface area contributed by atoms with E-state index in [4.69, 9.17) is 0 Å². The molecule has 2 aromatic rings. The molecule has 1 aromatic heterocycles. The maximum atomic E-state index is 4.59. The van der Waals surface area contributed by atoms with Crippen molar-refractivity contribution in [2.75, 3.05) is 5.32 Å². The Morgan fingerprint density at radius 2 is 2.00 bits per heavy atom. The first-order valence-corrected chi connectivity index (χ1v) is 7.02. The quantitative estimate of drug-likeness (QED) is 0.902. The Morgan fingerprint density at radius 1 is 1.26 bits per heavy atom. The van der Waals surface area contributed by atoms with E-state index < -0.39 is 0 Å². The van der Waals surface area contributed by atoms with E-state index >= 15 is 0 Å². The minimum Gasteiger partial charge on any atom is -0.353 e. The Bertz CT molecular complexity index is 557. The predicted octanol–water partition coefficient (Wildman–Crippen LogP) is 3.74. The van der Waals surface area contributed by atoms with Crippen molar-refractivity contribution >= 4 is 5.95 Å². The van der Waals surface area contributed by atoms with Crippen LogP contribution in [0.3, 0.4) is 0 Å². The number of aromatic nitrogens is 2. The van der Waals surface area contributed by atoms with E-state index in [2.05, 4.69) is 72.2 Å². The van der Waals surface area contributed by atoms with E-state index in [1.54, 1.807) is 0 Å². The Hall–Kier alpha value is -1.77. The van der Waals surface area contributed by atoms with Crippen LogP contribution in [-0.2, 0) is 0 Å². The van der Waals surface area contributed by atoms with Crippen LogP contribution in [0.25, 0.3) is 0 Å². The Morgan fingerprint density at radius 3 is 2.68 bits per heavy atom. The summed E-state index contributed by atoms with van der Waals surface area (Å²) in [6.07, 6.45) is 3.38. The summed E-state index contributed by atoms with van der Waals surface area (Å²) in [4.78, 5) is 4.59. The van der Waals surface area contributed by atoms with Gasteiger partial charge in [-0.3, -0.25) is 0 Å². The van der Waals surface area contributed by atoms with Crippen LogP contribution in [-0.4, -0.2) is 15.6 Å². The van der Waals surface area contributed by atoms with Gasteiger partial charge in [0.05, 0.1) is 5.69 Å². The summed E-state index contributed by atoms with van der Waals surface area (Å²) in [5, 5.41) is 3.44. The second-order valence-electron chi connectivity index (χ2n) is 5.73. The number of nitrogens with one attached hydrogen (secondary N) is 1. The van der Waals surface area contributed by atoms with Crippen molar-refractivity contribution in [2.45, 2.75) is 45.2 Å². The van der Waals surface area contributed by atoms with Gasteiger partial charge in [-0.2, -0.15) is 0 Å². The molecule has 100 valence electrons. The summed E-state index contributed by atoms with van der Waals surface area (Å²) in [7, 11) is 0. The van der Waals surface area contributed by atoms with Gasteiger partial charge in [0.15, 0.2) is 0 Å². The minimum atomic E-state index is 0.412. The van der Waals surface area contributed by atoms with Gasteiger partial charge in [0, 0.05) is 24.2 Å². The van der Waals surface area contributed by atoms with Crippen LogP contribution < -0.4 is 5.32 Å². The lowest BCUT2D eigenvalue weighted by molar-refractivity contribution is 0.709. The number of rotatable bonds is 4. The minimum absolute atomic E-state index is 0.412. The number of hydrogen-bond donors (Lipinski definition) is 1. The van der Waals surface area contributed by atoms with E-state index in [1.165, 1.54) is 12.0 Å². The second-order valence-corrected chi connectivity index (χ2v) is 5.73. The summed E-state index contributed by atoms with van der Waals surface area (Å²) in [6, 6.07) is 11.7. The lowest BCUT2D eigenvalue weighted by Gasteiger charge is -2.12. The Kier molecular flexibility index (Phi) is 3.05. The average Bonchev–Trinajstić information content (AvgIpc) is 3.09. The van der Waals surface area contributed by atoms with E-state index in [1.807, 2.05) is 0 Å². The molecular weight excluding hydrogens is 234 g/mol. The van der Waals surface area contributed by atoms with E-state index in [0.717, 1.165) is 11.6 Å². The largest absolute Gasteiger partial charge is 0.353 e. The number of imidazole rings is 1. The third-order valence-electron chi connectivity index (χ3n) is 3.61. The number of aryl methyl sites for hydroxylation is 1. The number of nitrogens with zero attached hydrogens (tertiary/aromatic N) is 2. The fraction of sp³-hybridized carbons (Fsp3) is 0.438. The normalized spacial score (nSPS) is 21.7. The van der Waals surface area contributed by atoms with Crippen molar-refractivity contribution in [3.05, 3.63) is 47.8 Å². The molecule has 0 saturated heterocycles. The zero-order valence-electron chi connectivity index (χ0n) is 11.8. The molecule has 0 spiro atoms. The zero-order valence-corrected chi connectivity index (χ0v) is 11.8. The molecule has 1 saturated carbocycles. The Labute approximate surface area is 114 Å². The molecule has 19 heavy (non-hydrogen) atoms. The van der Waals surface area contributed by atoms with Crippen molar-refractivity contribution in [1.82, 2.24) is 9.55 Å². The highest BCUT2D eigenvalue weighted by molar-refractivity contribution is 5.35. The highest BCUT2D eigenvalue weighted by atomic mass is 15.2. The number of hydrogen-bond acceptors (Lipinski definition) is 2. The smallest absolute Gasteiger partial charge is 0.203 e. The van der Waals surface area contributed by atoms with Gasteiger partial charge >= 0.3 is 0 Å². The lowest BCUT2D eigenvalue weighted by atomic mass is 10.1. The van der Waals surface area contributed by atoms with Gasteiger partial charge in [0.25, 0.3) is 0 Å². The van der Waals surface area contributed by atoms with Crippen LogP contribution in [0.4, 0.5) is 5.95 Å². The molecule has 3 nitrogen and oxygen atoms in total. The van der Waals surface area contributed by atoms with Gasteiger partial charge in [0.1, 0.15) is 0 Å². The monoisotopic (exact) mass is 255 g/mol.